The summed E-state index contributed by atoms with van der Waals surface area (Å²) in [5, 5.41) is 11.1. The highest BCUT2D eigenvalue weighted by Gasteiger charge is 2.22. The number of aliphatic hydroxyl groups excluding tert-OH is 1. The largest absolute Gasteiger partial charge is 0.447 e. The van der Waals surface area contributed by atoms with Crippen molar-refractivity contribution in [3.05, 3.63) is 0 Å². The predicted molar refractivity (Wildman–Crippen MR) is 56.8 cm³/mol. The average molecular weight is 230 g/mol. The topological polar surface area (TPSA) is 78.9 Å². The highest BCUT2D eigenvalue weighted by molar-refractivity contribution is 5.78. The lowest BCUT2D eigenvalue weighted by Gasteiger charge is -2.21. The molecule has 0 aliphatic carbocycles. The first kappa shape index (κ1) is 12.8. The number of alkyl carbamates (subject to hydrolysis) is 1. The maximum absolute atomic E-state index is 11.3. The Morgan fingerprint density at radius 3 is 3.00 bits per heavy atom. The number of nitrogens with one attached hydrogen (secondary N) is 1. The predicted octanol–water partition coefficient (Wildman–Crippen LogP) is -0.284. The zero-order valence-corrected chi connectivity index (χ0v) is 9.44. The van der Waals surface area contributed by atoms with E-state index in [1.54, 1.807) is 4.90 Å². The van der Waals surface area contributed by atoms with Crippen LogP contribution in [0.5, 0.6) is 0 Å². The summed E-state index contributed by atoms with van der Waals surface area (Å²) in [6.45, 7) is 2.88. The van der Waals surface area contributed by atoms with Gasteiger partial charge in [-0.3, -0.25) is 4.79 Å². The second kappa shape index (κ2) is 6.32. The Morgan fingerprint density at radius 1 is 1.69 bits per heavy atom. The maximum atomic E-state index is 11.3. The van der Waals surface area contributed by atoms with E-state index in [2.05, 4.69) is 10.1 Å². The molecule has 92 valence electrons. The zero-order valence-electron chi connectivity index (χ0n) is 9.44. The molecule has 2 amide bonds. The van der Waals surface area contributed by atoms with E-state index in [0.717, 1.165) is 13.0 Å². The van der Waals surface area contributed by atoms with Gasteiger partial charge in [-0.2, -0.15) is 0 Å². The second-order valence-electron chi connectivity index (χ2n) is 3.85. The minimum atomic E-state index is -0.562. The van der Waals surface area contributed by atoms with Crippen LogP contribution >= 0.6 is 0 Å². The van der Waals surface area contributed by atoms with Gasteiger partial charge in [-0.15, -0.1) is 0 Å². The van der Waals surface area contributed by atoms with Crippen molar-refractivity contribution in [1.29, 1.82) is 0 Å². The molecule has 1 aliphatic rings. The summed E-state index contributed by atoms with van der Waals surface area (Å²) < 4.78 is 4.65. The van der Waals surface area contributed by atoms with Gasteiger partial charge in [-0.25, -0.2) is 4.79 Å². The van der Waals surface area contributed by atoms with E-state index in [4.69, 9.17) is 5.11 Å². The molecule has 0 aromatic carbocycles. The summed E-state index contributed by atoms with van der Waals surface area (Å²) in [5.41, 5.74) is 0. The Balaban J connectivity index is 2.21. The number of hydrogen-bond donors (Lipinski definition) is 2. The van der Waals surface area contributed by atoms with E-state index in [1.165, 1.54) is 0 Å². The van der Waals surface area contributed by atoms with Gasteiger partial charge in [0.15, 0.2) is 0 Å². The van der Waals surface area contributed by atoms with Crippen LogP contribution in [-0.2, 0) is 9.53 Å². The van der Waals surface area contributed by atoms with E-state index < -0.39 is 6.09 Å². The van der Waals surface area contributed by atoms with Gasteiger partial charge in [0.1, 0.15) is 6.61 Å². The van der Waals surface area contributed by atoms with Crippen molar-refractivity contribution in [2.75, 3.05) is 26.3 Å². The quantitative estimate of drug-likeness (QED) is 0.680. The highest BCUT2D eigenvalue weighted by Crippen LogP contribution is 2.09. The lowest BCUT2D eigenvalue weighted by molar-refractivity contribution is -0.127. The van der Waals surface area contributed by atoms with Gasteiger partial charge in [-0.1, -0.05) is 0 Å². The Bertz CT molecular complexity index is 257. The molecule has 2 N–H and O–H groups in total. The van der Waals surface area contributed by atoms with E-state index in [1.807, 2.05) is 6.92 Å². The van der Waals surface area contributed by atoms with Crippen LogP contribution in [0.15, 0.2) is 0 Å². The van der Waals surface area contributed by atoms with Crippen LogP contribution in [0.4, 0.5) is 4.79 Å². The highest BCUT2D eigenvalue weighted by atomic mass is 16.6. The third kappa shape index (κ3) is 4.06. The van der Waals surface area contributed by atoms with Crippen LogP contribution in [0.1, 0.15) is 19.8 Å². The number of likely N-dealkylation sites (tertiary alicyclic amines) is 1. The standard InChI is InChI=1S/C10H18N2O4/c1-8(11-10(15)16-6-5-13)7-12-4-2-3-9(12)14/h8,13H,2-7H2,1H3,(H,11,15). The molecular weight excluding hydrogens is 212 g/mol. The van der Waals surface area contributed by atoms with Crippen molar-refractivity contribution in [3.63, 3.8) is 0 Å². The first-order valence-electron chi connectivity index (χ1n) is 5.45. The average Bonchev–Trinajstić information content (AvgIpc) is 2.61. The lowest BCUT2D eigenvalue weighted by Crippen LogP contribution is -2.42. The molecule has 1 saturated heterocycles. The zero-order chi connectivity index (χ0) is 12.0. The summed E-state index contributed by atoms with van der Waals surface area (Å²) in [7, 11) is 0. The van der Waals surface area contributed by atoms with E-state index >= 15 is 0 Å². The first-order chi connectivity index (χ1) is 7.63. The van der Waals surface area contributed by atoms with Gasteiger partial charge >= 0.3 is 6.09 Å². The van der Waals surface area contributed by atoms with E-state index in [0.29, 0.717) is 13.0 Å². The van der Waals surface area contributed by atoms with E-state index in [9.17, 15) is 9.59 Å². The second-order valence-corrected chi connectivity index (χ2v) is 3.85. The molecule has 0 spiro atoms. The number of rotatable bonds is 5. The molecule has 0 aromatic rings. The third-order valence-corrected chi connectivity index (χ3v) is 2.35. The fraction of sp³-hybridized carbons (Fsp3) is 0.800. The number of amides is 2. The Labute approximate surface area is 94.6 Å². The van der Waals surface area contributed by atoms with Crippen LogP contribution in [0, 0.1) is 0 Å². The van der Waals surface area contributed by atoms with Crippen molar-refractivity contribution in [3.8, 4) is 0 Å². The molecule has 1 heterocycles. The fourth-order valence-electron chi connectivity index (χ4n) is 1.65. The Morgan fingerprint density at radius 2 is 2.44 bits per heavy atom. The molecule has 1 atom stereocenters. The number of carbonyl (C=O) groups excluding carboxylic acids is 2. The molecular formula is C10H18N2O4. The monoisotopic (exact) mass is 230 g/mol. The third-order valence-electron chi connectivity index (χ3n) is 2.35. The molecule has 1 rings (SSSR count). The number of carbonyl (C=O) groups is 2. The van der Waals surface area contributed by atoms with Crippen molar-refractivity contribution in [2.45, 2.75) is 25.8 Å². The molecule has 6 heteroatoms. The number of aliphatic hydroxyl groups is 1. The Kier molecular flexibility index (Phi) is 5.04. The maximum Gasteiger partial charge on any atom is 0.407 e. The molecule has 0 radical (unpaired) electrons. The van der Waals surface area contributed by atoms with E-state index in [-0.39, 0.29) is 25.2 Å². The van der Waals surface area contributed by atoms with Gasteiger partial charge < -0.3 is 20.1 Å². The van der Waals surface area contributed by atoms with Gasteiger partial charge in [-0.05, 0) is 13.3 Å². The minimum absolute atomic E-state index is 0.0127. The van der Waals surface area contributed by atoms with Crippen molar-refractivity contribution >= 4 is 12.0 Å². The molecule has 1 fully saturated rings. The van der Waals surface area contributed by atoms with Gasteiger partial charge in [0.05, 0.1) is 6.61 Å². The fourth-order valence-corrected chi connectivity index (χ4v) is 1.65. The van der Waals surface area contributed by atoms with Crippen molar-refractivity contribution in [2.24, 2.45) is 0 Å². The molecule has 0 saturated carbocycles. The number of hydrogen-bond acceptors (Lipinski definition) is 4. The van der Waals surface area contributed by atoms with Crippen molar-refractivity contribution in [1.82, 2.24) is 10.2 Å². The first-order valence-corrected chi connectivity index (χ1v) is 5.45. The molecule has 6 nitrogen and oxygen atoms in total. The smallest absolute Gasteiger partial charge is 0.407 e. The van der Waals surface area contributed by atoms with Gasteiger partial charge in [0.25, 0.3) is 0 Å². The van der Waals surface area contributed by atoms with Crippen molar-refractivity contribution < 1.29 is 19.4 Å². The van der Waals surface area contributed by atoms with Crippen LogP contribution in [0.3, 0.4) is 0 Å². The molecule has 0 aromatic heterocycles. The summed E-state index contributed by atoms with van der Waals surface area (Å²) in [5.74, 6) is 0.136. The molecule has 1 unspecified atom stereocenters. The molecule has 16 heavy (non-hydrogen) atoms. The number of nitrogens with zero attached hydrogens (tertiary/aromatic N) is 1. The summed E-state index contributed by atoms with van der Waals surface area (Å²) in [4.78, 5) is 24.2. The normalized spacial score (nSPS) is 17.4. The SMILES string of the molecule is CC(CN1CCCC1=O)NC(=O)OCCO. The van der Waals surface area contributed by atoms with Gasteiger partial charge in [0.2, 0.25) is 5.91 Å². The summed E-state index contributed by atoms with van der Waals surface area (Å²) in [6.07, 6.45) is 0.926. The molecule has 0 bridgehead atoms. The van der Waals surface area contributed by atoms with Crippen LogP contribution in [0.2, 0.25) is 0 Å². The minimum Gasteiger partial charge on any atom is -0.447 e. The lowest BCUT2D eigenvalue weighted by atomic mass is 10.3. The summed E-state index contributed by atoms with van der Waals surface area (Å²) >= 11 is 0. The van der Waals surface area contributed by atoms with Crippen LogP contribution in [-0.4, -0.2) is 54.4 Å². The van der Waals surface area contributed by atoms with Crippen LogP contribution < -0.4 is 5.32 Å². The molecule has 1 aliphatic heterocycles. The summed E-state index contributed by atoms with van der Waals surface area (Å²) in [6, 6.07) is -0.145. The van der Waals surface area contributed by atoms with Gasteiger partial charge in [0, 0.05) is 25.6 Å². The Hall–Kier alpha value is -1.30. The number of ether oxygens (including phenoxy) is 1. The van der Waals surface area contributed by atoms with Crippen LogP contribution in [0.25, 0.3) is 0 Å².